The van der Waals surface area contributed by atoms with E-state index in [1.54, 1.807) is 67.8 Å². The zero-order valence-electron chi connectivity index (χ0n) is 22.4. The van der Waals surface area contributed by atoms with E-state index in [4.69, 9.17) is 24.2 Å². The summed E-state index contributed by atoms with van der Waals surface area (Å²) in [7, 11) is 0. The smallest absolute Gasteiger partial charge is 0.351 e. The first-order valence-corrected chi connectivity index (χ1v) is 11.7. The van der Waals surface area contributed by atoms with Gasteiger partial charge in [0.25, 0.3) is 0 Å². The molecule has 12 heteroatoms. The topological polar surface area (TPSA) is 158 Å². The Balaban J connectivity index is 2.53. The maximum absolute atomic E-state index is 12.9. The third-order valence-electron chi connectivity index (χ3n) is 5.38. The Hall–Kier alpha value is -2.54. The Kier molecular flexibility index (Phi) is 8.93. The van der Waals surface area contributed by atoms with Gasteiger partial charge in [-0.2, -0.15) is 4.98 Å². The van der Waals surface area contributed by atoms with Gasteiger partial charge in [0.05, 0.1) is 10.8 Å². The monoisotopic (exact) mass is 513 g/mol. The number of aromatic nitrogens is 2. The lowest BCUT2D eigenvalue weighted by atomic mass is 9.95. The Labute approximate surface area is 210 Å². The average Bonchev–Trinajstić information content (AvgIpc) is 3.06. The Morgan fingerprint density at radius 3 is 2.14 bits per heavy atom. The zero-order valence-corrected chi connectivity index (χ0v) is 22.4. The number of nitrogens with one attached hydrogen (secondary N) is 1. The van der Waals surface area contributed by atoms with Crippen LogP contribution in [0.15, 0.2) is 17.1 Å². The van der Waals surface area contributed by atoms with Crippen LogP contribution in [-0.2, 0) is 28.5 Å². The zero-order chi connectivity index (χ0) is 27.6. The lowest BCUT2D eigenvalue weighted by molar-refractivity contribution is -0.219. The minimum Gasteiger partial charge on any atom is -0.462 e. The number of carbonyl (C=O) groups excluding carboxylic acids is 2. The number of aliphatic hydroxyl groups is 1. The number of hydrogen-bond acceptors (Lipinski definition) is 11. The van der Waals surface area contributed by atoms with Crippen molar-refractivity contribution in [3.05, 3.63) is 22.7 Å². The molecule has 1 fully saturated rings. The molecule has 12 nitrogen and oxygen atoms in total. The first-order chi connectivity index (χ1) is 16.4. The molecule has 1 aliphatic rings. The summed E-state index contributed by atoms with van der Waals surface area (Å²) in [4.78, 5) is 41.7. The van der Waals surface area contributed by atoms with Crippen LogP contribution in [0.4, 0.5) is 5.82 Å². The number of carbonyl (C=O) groups is 2. The van der Waals surface area contributed by atoms with Gasteiger partial charge in [0.2, 0.25) is 0 Å². The van der Waals surface area contributed by atoms with Gasteiger partial charge >= 0.3 is 17.6 Å². The van der Waals surface area contributed by atoms with Crippen molar-refractivity contribution in [3.8, 4) is 0 Å². The summed E-state index contributed by atoms with van der Waals surface area (Å²) in [5.74, 6) is -1.18. The summed E-state index contributed by atoms with van der Waals surface area (Å²) in [6.45, 7) is 15.1. The van der Waals surface area contributed by atoms with Crippen LogP contribution in [0.3, 0.4) is 0 Å². The molecule has 1 aromatic rings. The minimum atomic E-state index is -1.31. The first-order valence-electron chi connectivity index (χ1n) is 11.7. The second-order valence-corrected chi connectivity index (χ2v) is 12.0. The number of rotatable bonds is 7. The standard InChI is InChI=1S/C24H39N3O9/c1-22(2,3)18(28)33-12-13-15(35-19(29)23(4,5)6)16(36-20(30)24(7,8)9)17(34-13)27-11-10-14(26-32)25-21(27)31/h10-11,13,15-17,19,29,32H,12H2,1-9H3,(H,25,26,31)/t13-,15-,16-,17-,19?/m1/s1. The maximum Gasteiger partial charge on any atom is 0.351 e. The molecule has 3 N–H and O–H groups in total. The Bertz CT molecular complexity index is 988. The number of anilines is 1. The van der Waals surface area contributed by atoms with Gasteiger partial charge in [0.15, 0.2) is 24.4 Å². The summed E-state index contributed by atoms with van der Waals surface area (Å²) < 4.78 is 24.3. The molecule has 0 aliphatic carbocycles. The van der Waals surface area contributed by atoms with Gasteiger partial charge < -0.3 is 24.1 Å². The summed E-state index contributed by atoms with van der Waals surface area (Å²) in [6.07, 6.45) is -4.54. The second-order valence-electron chi connectivity index (χ2n) is 12.0. The van der Waals surface area contributed by atoms with Crippen LogP contribution in [0, 0.1) is 16.2 Å². The van der Waals surface area contributed by atoms with Crippen molar-refractivity contribution >= 4 is 17.8 Å². The third kappa shape index (κ3) is 7.25. The van der Waals surface area contributed by atoms with Crippen molar-refractivity contribution in [2.75, 3.05) is 12.1 Å². The molecule has 0 amide bonds. The fourth-order valence-corrected chi connectivity index (χ4v) is 3.05. The lowest BCUT2D eigenvalue weighted by Gasteiger charge is -2.33. The molecule has 1 saturated heterocycles. The van der Waals surface area contributed by atoms with E-state index in [9.17, 15) is 19.5 Å². The summed E-state index contributed by atoms with van der Waals surface area (Å²) in [6, 6.07) is 1.32. The maximum atomic E-state index is 12.9. The van der Waals surface area contributed by atoms with E-state index in [1.807, 2.05) is 0 Å². The third-order valence-corrected chi connectivity index (χ3v) is 5.38. The first kappa shape index (κ1) is 29.7. The molecule has 1 aliphatic heterocycles. The van der Waals surface area contributed by atoms with E-state index in [0.29, 0.717) is 0 Å². The fourth-order valence-electron chi connectivity index (χ4n) is 3.05. The molecule has 2 heterocycles. The quantitative estimate of drug-likeness (QED) is 0.279. The van der Waals surface area contributed by atoms with E-state index in [0.717, 1.165) is 4.57 Å². The summed E-state index contributed by atoms with van der Waals surface area (Å²) in [5.41, 5.74) is -1.42. The van der Waals surface area contributed by atoms with Crippen molar-refractivity contribution in [2.24, 2.45) is 16.2 Å². The van der Waals surface area contributed by atoms with Crippen LogP contribution in [0.25, 0.3) is 0 Å². The molecular formula is C24H39N3O9. The van der Waals surface area contributed by atoms with Crippen molar-refractivity contribution in [1.29, 1.82) is 0 Å². The molecule has 204 valence electrons. The molecule has 1 aromatic heterocycles. The van der Waals surface area contributed by atoms with E-state index < -0.39 is 64.7 Å². The van der Waals surface area contributed by atoms with Gasteiger partial charge in [-0.3, -0.25) is 24.8 Å². The number of aliphatic hydroxyl groups excluding tert-OH is 1. The molecule has 0 aromatic carbocycles. The summed E-state index contributed by atoms with van der Waals surface area (Å²) in [5, 5.41) is 19.8. The highest BCUT2D eigenvalue weighted by atomic mass is 16.7. The lowest BCUT2D eigenvalue weighted by Crippen LogP contribution is -2.46. The highest BCUT2D eigenvalue weighted by Gasteiger charge is 2.52. The SMILES string of the molecule is CC(C)(C)C(=O)OC[C@H]1O[C@@H](n2ccc(NO)nc2=O)[C@H](OC(=O)C(C)(C)C)[C@@H]1OC(O)C(C)(C)C. The van der Waals surface area contributed by atoms with Crippen molar-refractivity contribution < 1.29 is 38.9 Å². The minimum absolute atomic E-state index is 0.0934. The Morgan fingerprint density at radius 1 is 1.08 bits per heavy atom. The van der Waals surface area contributed by atoms with Crippen LogP contribution < -0.4 is 11.2 Å². The molecule has 0 spiro atoms. The average molecular weight is 514 g/mol. The van der Waals surface area contributed by atoms with E-state index >= 15 is 0 Å². The highest BCUT2D eigenvalue weighted by Crippen LogP contribution is 2.37. The number of hydrogen-bond donors (Lipinski definition) is 3. The molecule has 0 radical (unpaired) electrons. The normalized spacial score (nSPS) is 23.8. The molecule has 0 saturated carbocycles. The highest BCUT2D eigenvalue weighted by molar-refractivity contribution is 5.76. The van der Waals surface area contributed by atoms with Crippen LogP contribution in [-0.4, -0.2) is 63.0 Å². The molecule has 5 atom stereocenters. The van der Waals surface area contributed by atoms with Gasteiger partial charge in [-0.05, 0) is 47.6 Å². The fraction of sp³-hybridized carbons (Fsp3) is 0.750. The number of ether oxygens (including phenoxy) is 4. The second kappa shape index (κ2) is 10.8. The van der Waals surface area contributed by atoms with Gasteiger partial charge in [-0.1, -0.05) is 20.8 Å². The van der Waals surface area contributed by atoms with Gasteiger partial charge in [0, 0.05) is 11.6 Å². The van der Waals surface area contributed by atoms with E-state index in [2.05, 4.69) is 4.98 Å². The van der Waals surface area contributed by atoms with Crippen molar-refractivity contribution in [2.45, 2.75) is 93.1 Å². The number of nitrogens with zero attached hydrogens (tertiary/aromatic N) is 2. The van der Waals surface area contributed by atoms with Crippen LogP contribution >= 0.6 is 0 Å². The predicted molar refractivity (Wildman–Crippen MR) is 128 cm³/mol. The predicted octanol–water partition coefficient (Wildman–Crippen LogP) is 2.24. The van der Waals surface area contributed by atoms with Gasteiger partial charge in [0.1, 0.15) is 18.8 Å². The van der Waals surface area contributed by atoms with E-state index in [1.165, 1.54) is 12.3 Å². The van der Waals surface area contributed by atoms with Crippen molar-refractivity contribution in [1.82, 2.24) is 9.55 Å². The summed E-state index contributed by atoms with van der Waals surface area (Å²) >= 11 is 0. The van der Waals surface area contributed by atoms with Crippen LogP contribution in [0.1, 0.15) is 68.5 Å². The van der Waals surface area contributed by atoms with Gasteiger partial charge in [-0.25, -0.2) is 4.79 Å². The molecule has 1 unspecified atom stereocenters. The molecule has 0 bridgehead atoms. The largest absolute Gasteiger partial charge is 0.462 e. The number of esters is 2. The Morgan fingerprint density at radius 2 is 1.67 bits per heavy atom. The molecular weight excluding hydrogens is 474 g/mol. The van der Waals surface area contributed by atoms with Crippen LogP contribution in [0.2, 0.25) is 0 Å². The van der Waals surface area contributed by atoms with Crippen LogP contribution in [0.5, 0.6) is 0 Å². The van der Waals surface area contributed by atoms with Gasteiger partial charge in [-0.15, -0.1) is 0 Å². The van der Waals surface area contributed by atoms with E-state index in [-0.39, 0.29) is 12.4 Å². The molecule has 36 heavy (non-hydrogen) atoms. The van der Waals surface area contributed by atoms with Crippen molar-refractivity contribution in [3.63, 3.8) is 0 Å². The molecule has 2 rings (SSSR count).